The summed E-state index contributed by atoms with van der Waals surface area (Å²) in [6, 6.07) is 10.4. The molecule has 0 bridgehead atoms. The summed E-state index contributed by atoms with van der Waals surface area (Å²) in [6.45, 7) is 8.83. The maximum Gasteiger partial charge on any atom is 0.216 e. The second kappa shape index (κ2) is 5.15. The van der Waals surface area contributed by atoms with Gasteiger partial charge in [-0.05, 0) is 16.9 Å². The average Bonchev–Trinajstić information content (AvgIpc) is 2.27. The molecule has 1 amide bonds. The topological polar surface area (TPSA) is 29.1 Å². The summed E-state index contributed by atoms with van der Waals surface area (Å²) < 4.78 is 0. The van der Waals surface area contributed by atoms with Crippen molar-refractivity contribution in [3.05, 3.63) is 35.9 Å². The summed E-state index contributed by atoms with van der Waals surface area (Å²) in [5, 5.41) is 2.90. The van der Waals surface area contributed by atoms with E-state index in [0.717, 1.165) is 0 Å². The van der Waals surface area contributed by atoms with Gasteiger partial charge in [0.15, 0.2) is 0 Å². The van der Waals surface area contributed by atoms with Crippen molar-refractivity contribution in [3.63, 3.8) is 0 Å². The highest BCUT2D eigenvalue weighted by Gasteiger charge is 2.26. The normalized spacial score (nSPS) is 13.2. The molecule has 88 valence electrons. The van der Waals surface area contributed by atoms with E-state index in [0.29, 0.717) is 12.5 Å². The minimum Gasteiger partial charge on any atom is -0.356 e. The summed E-state index contributed by atoms with van der Waals surface area (Å²) in [4.78, 5) is 10.9. The number of carbonyl (C=O) groups excluding carboxylic acids is 1. The Labute approximate surface area is 98.1 Å². The lowest BCUT2D eigenvalue weighted by atomic mass is 9.76. The number of hydrogen-bond acceptors (Lipinski definition) is 1. The predicted octanol–water partition coefficient (Wildman–Crippen LogP) is 2.95. The average molecular weight is 219 g/mol. The SMILES string of the molecule is CC(=O)NCC(C)(C)C(C)c1ccccc1. The molecule has 0 saturated carbocycles. The highest BCUT2D eigenvalue weighted by atomic mass is 16.1. The molecule has 0 aliphatic rings. The van der Waals surface area contributed by atoms with Crippen LogP contribution in [0.15, 0.2) is 30.3 Å². The third-order valence-electron chi connectivity index (χ3n) is 3.26. The summed E-state index contributed by atoms with van der Waals surface area (Å²) >= 11 is 0. The third kappa shape index (κ3) is 3.37. The first-order chi connectivity index (χ1) is 7.43. The van der Waals surface area contributed by atoms with Crippen LogP contribution in [0.25, 0.3) is 0 Å². The molecule has 2 heteroatoms. The Morgan fingerprint density at radius 1 is 1.31 bits per heavy atom. The summed E-state index contributed by atoms with van der Waals surface area (Å²) in [7, 11) is 0. The molecule has 1 N–H and O–H groups in total. The first-order valence-electron chi connectivity index (χ1n) is 5.73. The van der Waals surface area contributed by atoms with Crippen LogP contribution in [0.4, 0.5) is 0 Å². The van der Waals surface area contributed by atoms with E-state index in [-0.39, 0.29) is 11.3 Å². The lowest BCUT2D eigenvalue weighted by molar-refractivity contribution is -0.119. The van der Waals surface area contributed by atoms with Gasteiger partial charge in [-0.25, -0.2) is 0 Å². The van der Waals surface area contributed by atoms with Crippen molar-refractivity contribution in [1.82, 2.24) is 5.32 Å². The highest BCUT2D eigenvalue weighted by Crippen LogP contribution is 2.34. The highest BCUT2D eigenvalue weighted by molar-refractivity contribution is 5.72. The molecule has 0 radical (unpaired) electrons. The van der Waals surface area contributed by atoms with Crippen LogP contribution in [0.1, 0.15) is 39.2 Å². The van der Waals surface area contributed by atoms with E-state index in [9.17, 15) is 4.79 Å². The second-order valence-corrected chi connectivity index (χ2v) is 5.03. The van der Waals surface area contributed by atoms with Crippen LogP contribution in [0, 0.1) is 5.41 Å². The first-order valence-corrected chi connectivity index (χ1v) is 5.73. The van der Waals surface area contributed by atoms with Crippen molar-refractivity contribution in [2.24, 2.45) is 5.41 Å². The fourth-order valence-electron chi connectivity index (χ4n) is 1.70. The minimum atomic E-state index is 0.0355. The van der Waals surface area contributed by atoms with Crippen LogP contribution < -0.4 is 5.32 Å². The number of hydrogen-bond donors (Lipinski definition) is 1. The Kier molecular flexibility index (Phi) is 4.11. The molecule has 0 fully saturated rings. The first kappa shape index (κ1) is 12.8. The van der Waals surface area contributed by atoms with Crippen LogP contribution in [-0.2, 0) is 4.79 Å². The Hall–Kier alpha value is -1.31. The fourth-order valence-corrected chi connectivity index (χ4v) is 1.70. The van der Waals surface area contributed by atoms with Crippen molar-refractivity contribution in [1.29, 1.82) is 0 Å². The zero-order valence-corrected chi connectivity index (χ0v) is 10.6. The number of carbonyl (C=O) groups is 1. The number of nitrogens with one attached hydrogen (secondary N) is 1. The molecule has 0 heterocycles. The van der Waals surface area contributed by atoms with Crippen LogP contribution in [0.5, 0.6) is 0 Å². The Morgan fingerprint density at radius 2 is 1.88 bits per heavy atom. The Morgan fingerprint density at radius 3 is 2.38 bits per heavy atom. The minimum absolute atomic E-state index is 0.0355. The predicted molar refractivity (Wildman–Crippen MR) is 67.3 cm³/mol. The van der Waals surface area contributed by atoms with Gasteiger partial charge in [0.1, 0.15) is 0 Å². The molecule has 0 aliphatic heterocycles. The van der Waals surface area contributed by atoms with Gasteiger partial charge in [-0.1, -0.05) is 51.1 Å². The van der Waals surface area contributed by atoms with E-state index < -0.39 is 0 Å². The summed E-state index contributed by atoms with van der Waals surface area (Å²) in [5.41, 5.74) is 1.38. The van der Waals surface area contributed by atoms with Crippen molar-refractivity contribution in [2.45, 2.75) is 33.6 Å². The molecule has 0 aromatic heterocycles. The molecule has 1 aromatic rings. The molecule has 1 unspecified atom stereocenters. The van der Waals surface area contributed by atoms with Crippen molar-refractivity contribution in [3.8, 4) is 0 Å². The van der Waals surface area contributed by atoms with Crippen LogP contribution in [0.2, 0.25) is 0 Å². The van der Waals surface area contributed by atoms with Gasteiger partial charge in [0.05, 0.1) is 0 Å². The van der Waals surface area contributed by atoms with Gasteiger partial charge in [0.25, 0.3) is 0 Å². The lowest BCUT2D eigenvalue weighted by Gasteiger charge is -2.32. The molecule has 1 aromatic carbocycles. The molecule has 1 rings (SSSR count). The van der Waals surface area contributed by atoms with E-state index in [2.05, 4.69) is 50.4 Å². The molecular formula is C14H21NO. The second-order valence-electron chi connectivity index (χ2n) is 5.03. The molecular weight excluding hydrogens is 198 g/mol. The van der Waals surface area contributed by atoms with Gasteiger partial charge < -0.3 is 5.32 Å². The van der Waals surface area contributed by atoms with Crippen molar-refractivity contribution >= 4 is 5.91 Å². The quantitative estimate of drug-likeness (QED) is 0.828. The van der Waals surface area contributed by atoms with Gasteiger partial charge in [-0.3, -0.25) is 4.79 Å². The summed E-state index contributed by atoms with van der Waals surface area (Å²) in [6.07, 6.45) is 0. The van der Waals surface area contributed by atoms with Gasteiger partial charge in [-0.15, -0.1) is 0 Å². The van der Waals surface area contributed by atoms with Crippen LogP contribution in [-0.4, -0.2) is 12.5 Å². The number of rotatable bonds is 4. The van der Waals surface area contributed by atoms with Gasteiger partial charge >= 0.3 is 0 Å². The molecule has 0 aliphatic carbocycles. The van der Waals surface area contributed by atoms with Gasteiger partial charge in [0, 0.05) is 13.5 Å². The molecule has 0 saturated heterocycles. The van der Waals surface area contributed by atoms with Gasteiger partial charge in [-0.2, -0.15) is 0 Å². The maximum atomic E-state index is 10.9. The van der Waals surface area contributed by atoms with Crippen molar-refractivity contribution < 1.29 is 4.79 Å². The maximum absolute atomic E-state index is 10.9. The van der Waals surface area contributed by atoms with Crippen LogP contribution >= 0.6 is 0 Å². The van der Waals surface area contributed by atoms with E-state index >= 15 is 0 Å². The zero-order chi connectivity index (χ0) is 12.2. The third-order valence-corrected chi connectivity index (χ3v) is 3.26. The standard InChI is InChI=1S/C14H21NO/c1-11(13-8-6-5-7-9-13)14(3,4)10-15-12(2)16/h5-9,11H,10H2,1-4H3,(H,15,16). The number of amides is 1. The Bertz CT molecular complexity index is 343. The van der Waals surface area contributed by atoms with E-state index in [1.807, 2.05) is 6.07 Å². The van der Waals surface area contributed by atoms with E-state index in [4.69, 9.17) is 0 Å². The van der Waals surface area contributed by atoms with E-state index in [1.54, 1.807) is 6.92 Å². The van der Waals surface area contributed by atoms with Gasteiger partial charge in [0.2, 0.25) is 5.91 Å². The zero-order valence-electron chi connectivity index (χ0n) is 10.6. The Balaban J connectivity index is 2.72. The van der Waals surface area contributed by atoms with Crippen LogP contribution in [0.3, 0.4) is 0 Å². The number of benzene rings is 1. The molecule has 2 nitrogen and oxygen atoms in total. The molecule has 1 atom stereocenters. The van der Waals surface area contributed by atoms with Crippen molar-refractivity contribution in [2.75, 3.05) is 6.54 Å². The monoisotopic (exact) mass is 219 g/mol. The molecule has 16 heavy (non-hydrogen) atoms. The summed E-state index contributed by atoms with van der Waals surface area (Å²) in [5.74, 6) is 0.453. The fraction of sp³-hybridized carbons (Fsp3) is 0.500. The van der Waals surface area contributed by atoms with E-state index in [1.165, 1.54) is 5.56 Å². The smallest absolute Gasteiger partial charge is 0.216 e. The lowest BCUT2D eigenvalue weighted by Crippen LogP contribution is -2.35. The largest absolute Gasteiger partial charge is 0.356 e. The molecule has 0 spiro atoms.